The molecule has 0 bridgehead atoms. The second-order valence-corrected chi connectivity index (χ2v) is 3.26. The first-order chi connectivity index (χ1) is 6.79. The van der Waals surface area contributed by atoms with Gasteiger partial charge in [0.1, 0.15) is 11.6 Å². The van der Waals surface area contributed by atoms with Crippen LogP contribution in [0.1, 0.15) is 24.6 Å². The Balaban J connectivity index is 2.18. The van der Waals surface area contributed by atoms with Crippen LogP contribution in [0.5, 0.6) is 5.88 Å². The van der Waals surface area contributed by atoms with E-state index >= 15 is 0 Å². The first-order valence-electron chi connectivity index (χ1n) is 4.50. The molecule has 0 saturated heterocycles. The molecule has 1 fully saturated rings. The van der Waals surface area contributed by atoms with E-state index in [1.54, 1.807) is 6.07 Å². The van der Waals surface area contributed by atoms with Crippen LogP contribution in [0.25, 0.3) is 0 Å². The molecule has 0 aromatic carbocycles. The molecule has 0 unspecified atom stereocenters. The SMILES string of the molecule is C#CCOc1cc(N)nc(C2CC2)n1. The molecular formula is C10H11N3O. The number of hydrogen-bond acceptors (Lipinski definition) is 4. The largest absolute Gasteiger partial charge is 0.464 e. The number of ether oxygens (including phenoxy) is 1. The molecule has 4 heteroatoms. The molecule has 1 heterocycles. The van der Waals surface area contributed by atoms with Crippen molar-refractivity contribution in [1.29, 1.82) is 0 Å². The first kappa shape index (κ1) is 8.82. The Hall–Kier alpha value is -1.76. The van der Waals surface area contributed by atoms with Crippen molar-refractivity contribution in [3.05, 3.63) is 11.9 Å². The lowest BCUT2D eigenvalue weighted by Crippen LogP contribution is -2.03. The summed E-state index contributed by atoms with van der Waals surface area (Å²) >= 11 is 0. The van der Waals surface area contributed by atoms with Gasteiger partial charge < -0.3 is 10.5 Å². The summed E-state index contributed by atoms with van der Waals surface area (Å²) in [6.45, 7) is 0.209. The molecule has 0 atom stereocenters. The second kappa shape index (κ2) is 3.54. The van der Waals surface area contributed by atoms with E-state index in [4.69, 9.17) is 16.9 Å². The average molecular weight is 189 g/mol. The Morgan fingerprint density at radius 1 is 1.57 bits per heavy atom. The molecule has 4 nitrogen and oxygen atoms in total. The fourth-order valence-corrected chi connectivity index (χ4v) is 1.17. The van der Waals surface area contributed by atoms with Crippen molar-refractivity contribution in [1.82, 2.24) is 9.97 Å². The number of terminal acetylenes is 1. The molecule has 0 radical (unpaired) electrons. The van der Waals surface area contributed by atoms with Crippen LogP contribution in [-0.4, -0.2) is 16.6 Å². The Labute approximate surface area is 82.5 Å². The molecule has 1 aliphatic carbocycles. The number of nitrogen functional groups attached to an aromatic ring is 1. The highest BCUT2D eigenvalue weighted by molar-refractivity contribution is 5.34. The van der Waals surface area contributed by atoms with Crippen molar-refractivity contribution in [2.24, 2.45) is 0 Å². The van der Waals surface area contributed by atoms with E-state index in [0.717, 1.165) is 18.7 Å². The van der Waals surface area contributed by atoms with Gasteiger partial charge in [0, 0.05) is 12.0 Å². The molecule has 0 aliphatic heterocycles. The predicted octanol–water partition coefficient (Wildman–Crippen LogP) is 0.948. The van der Waals surface area contributed by atoms with Gasteiger partial charge in [-0.15, -0.1) is 6.42 Å². The maximum absolute atomic E-state index is 5.61. The highest BCUT2D eigenvalue weighted by atomic mass is 16.5. The van der Waals surface area contributed by atoms with Gasteiger partial charge in [0.25, 0.3) is 0 Å². The van der Waals surface area contributed by atoms with Gasteiger partial charge in [-0.05, 0) is 12.8 Å². The molecule has 72 valence electrons. The van der Waals surface area contributed by atoms with Crippen LogP contribution in [0.3, 0.4) is 0 Å². The predicted molar refractivity (Wildman–Crippen MR) is 52.7 cm³/mol. The van der Waals surface area contributed by atoms with E-state index in [0.29, 0.717) is 17.6 Å². The van der Waals surface area contributed by atoms with E-state index in [9.17, 15) is 0 Å². The van der Waals surface area contributed by atoms with Crippen molar-refractivity contribution in [2.45, 2.75) is 18.8 Å². The molecular weight excluding hydrogens is 178 g/mol. The summed E-state index contributed by atoms with van der Waals surface area (Å²) in [6, 6.07) is 1.59. The van der Waals surface area contributed by atoms with Crippen LogP contribution in [-0.2, 0) is 0 Å². The molecule has 14 heavy (non-hydrogen) atoms. The number of aromatic nitrogens is 2. The number of nitrogens with zero attached hydrogens (tertiary/aromatic N) is 2. The zero-order chi connectivity index (χ0) is 9.97. The van der Waals surface area contributed by atoms with E-state index in [-0.39, 0.29) is 6.61 Å². The number of rotatable bonds is 3. The topological polar surface area (TPSA) is 61.0 Å². The molecule has 1 saturated carbocycles. The van der Waals surface area contributed by atoms with Gasteiger partial charge >= 0.3 is 0 Å². The van der Waals surface area contributed by atoms with Crippen molar-refractivity contribution in [2.75, 3.05) is 12.3 Å². The summed E-state index contributed by atoms with van der Waals surface area (Å²) < 4.78 is 5.19. The summed E-state index contributed by atoms with van der Waals surface area (Å²) in [7, 11) is 0. The van der Waals surface area contributed by atoms with Gasteiger partial charge in [-0.25, -0.2) is 4.98 Å². The van der Waals surface area contributed by atoms with Crippen molar-refractivity contribution < 1.29 is 4.74 Å². The highest BCUT2D eigenvalue weighted by Gasteiger charge is 2.27. The standard InChI is InChI=1S/C10H11N3O/c1-2-5-14-9-6-8(11)12-10(13-9)7-3-4-7/h1,6-7H,3-5H2,(H2,11,12,13). The molecule has 1 aromatic heterocycles. The van der Waals surface area contributed by atoms with Crippen LogP contribution >= 0.6 is 0 Å². The second-order valence-electron chi connectivity index (χ2n) is 3.26. The van der Waals surface area contributed by atoms with E-state index in [2.05, 4.69) is 15.9 Å². The number of hydrogen-bond donors (Lipinski definition) is 1. The zero-order valence-corrected chi connectivity index (χ0v) is 7.73. The third-order valence-electron chi connectivity index (χ3n) is 1.99. The molecule has 1 aliphatic rings. The number of nitrogens with two attached hydrogens (primary N) is 1. The van der Waals surface area contributed by atoms with Crippen LogP contribution in [0.4, 0.5) is 5.82 Å². The third-order valence-corrected chi connectivity index (χ3v) is 1.99. The lowest BCUT2D eigenvalue weighted by Gasteiger charge is -2.04. The normalized spacial score (nSPS) is 14.8. The Morgan fingerprint density at radius 3 is 3.00 bits per heavy atom. The van der Waals surface area contributed by atoms with E-state index in [1.165, 1.54) is 0 Å². The average Bonchev–Trinajstić information content (AvgIpc) is 2.97. The monoisotopic (exact) mass is 189 g/mol. The Bertz CT molecular complexity index is 379. The van der Waals surface area contributed by atoms with Crippen molar-refractivity contribution >= 4 is 5.82 Å². The summed E-state index contributed by atoms with van der Waals surface area (Å²) in [5.74, 6) is 4.52. The first-order valence-corrected chi connectivity index (χ1v) is 4.50. The molecule has 1 aromatic rings. The smallest absolute Gasteiger partial charge is 0.219 e. The van der Waals surface area contributed by atoms with Crippen molar-refractivity contribution in [3.63, 3.8) is 0 Å². The fourth-order valence-electron chi connectivity index (χ4n) is 1.17. The number of anilines is 1. The van der Waals surface area contributed by atoms with Crippen LogP contribution in [0, 0.1) is 12.3 Å². The minimum Gasteiger partial charge on any atom is -0.464 e. The zero-order valence-electron chi connectivity index (χ0n) is 7.73. The van der Waals surface area contributed by atoms with Gasteiger partial charge in [-0.2, -0.15) is 4.98 Å². The molecule has 0 spiro atoms. The minimum absolute atomic E-state index is 0.209. The summed E-state index contributed by atoms with van der Waals surface area (Å²) in [6.07, 6.45) is 7.35. The molecule has 2 rings (SSSR count). The van der Waals surface area contributed by atoms with Gasteiger partial charge in [0.2, 0.25) is 5.88 Å². The van der Waals surface area contributed by atoms with Gasteiger partial charge in [-0.1, -0.05) is 5.92 Å². The lowest BCUT2D eigenvalue weighted by molar-refractivity contribution is 0.353. The summed E-state index contributed by atoms with van der Waals surface area (Å²) in [5.41, 5.74) is 5.61. The maximum atomic E-state index is 5.61. The Kier molecular flexibility index (Phi) is 2.23. The van der Waals surface area contributed by atoms with Gasteiger partial charge in [0.05, 0.1) is 0 Å². The minimum atomic E-state index is 0.209. The lowest BCUT2D eigenvalue weighted by atomic mass is 10.4. The highest BCUT2D eigenvalue weighted by Crippen LogP contribution is 2.38. The van der Waals surface area contributed by atoms with Gasteiger partial charge in [-0.3, -0.25) is 0 Å². The maximum Gasteiger partial charge on any atom is 0.219 e. The van der Waals surface area contributed by atoms with Gasteiger partial charge in [0.15, 0.2) is 6.61 Å². The van der Waals surface area contributed by atoms with E-state index < -0.39 is 0 Å². The molecule has 2 N–H and O–H groups in total. The van der Waals surface area contributed by atoms with Crippen LogP contribution in [0.2, 0.25) is 0 Å². The van der Waals surface area contributed by atoms with E-state index in [1.807, 2.05) is 0 Å². The third kappa shape index (κ3) is 1.94. The van der Waals surface area contributed by atoms with Crippen LogP contribution < -0.4 is 10.5 Å². The van der Waals surface area contributed by atoms with Crippen molar-refractivity contribution in [3.8, 4) is 18.2 Å². The Morgan fingerprint density at radius 2 is 2.36 bits per heavy atom. The molecule has 0 amide bonds. The summed E-state index contributed by atoms with van der Waals surface area (Å²) in [5, 5.41) is 0. The van der Waals surface area contributed by atoms with Crippen LogP contribution in [0.15, 0.2) is 6.07 Å². The summed E-state index contributed by atoms with van der Waals surface area (Å²) in [4.78, 5) is 8.36. The quantitative estimate of drug-likeness (QED) is 0.719. The fraction of sp³-hybridized carbons (Fsp3) is 0.400.